The van der Waals surface area contributed by atoms with Crippen molar-refractivity contribution >= 4 is 47.4 Å². The number of rotatable bonds is 7. The van der Waals surface area contributed by atoms with Gasteiger partial charge in [0.25, 0.3) is 5.91 Å². The third-order valence-electron chi connectivity index (χ3n) is 4.95. The third kappa shape index (κ3) is 8.59. The molecule has 170 valence electrons. The smallest absolute Gasteiger partial charge is 0.252 e. The van der Waals surface area contributed by atoms with Gasteiger partial charge in [0.2, 0.25) is 0 Å². The molecule has 0 bridgehead atoms. The van der Waals surface area contributed by atoms with Gasteiger partial charge in [0, 0.05) is 38.7 Å². The highest BCUT2D eigenvalue weighted by atomic mass is 127. The number of hydrogen-bond donors (Lipinski definition) is 3. The zero-order valence-electron chi connectivity index (χ0n) is 18.5. The van der Waals surface area contributed by atoms with Crippen LogP contribution in [0.5, 0.6) is 0 Å². The van der Waals surface area contributed by atoms with E-state index < -0.39 is 0 Å². The lowest BCUT2D eigenvalue weighted by Crippen LogP contribution is -2.44. The maximum absolute atomic E-state index is 12.2. The standard InChI is InChI=1S/C22H35ClN4O2.HI/c1-5-24-21(27-15-16-9-8-14-29-19(16)22(2,3)4)26-13-12-25-20(28)17-10-6-7-11-18(17)23;/h6-7,10-11,16,19H,5,8-9,12-15H2,1-4H3,(H,25,28)(H2,24,26,27);1H. The van der Waals surface area contributed by atoms with Gasteiger partial charge in [0.15, 0.2) is 5.96 Å². The molecule has 1 heterocycles. The quantitative estimate of drug-likeness (QED) is 0.207. The van der Waals surface area contributed by atoms with E-state index in [1.54, 1.807) is 24.3 Å². The molecule has 1 aliphatic rings. The summed E-state index contributed by atoms with van der Waals surface area (Å²) in [5.41, 5.74) is 0.593. The maximum atomic E-state index is 12.2. The summed E-state index contributed by atoms with van der Waals surface area (Å²) in [5.74, 6) is 1.00. The van der Waals surface area contributed by atoms with Crippen LogP contribution in [0.1, 0.15) is 50.9 Å². The summed E-state index contributed by atoms with van der Waals surface area (Å²) in [7, 11) is 0. The molecule has 0 aromatic heterocycles. The molecule has 1 aromatic carbocycles. The highest BCUT2D eigenvalue weighted by Gasteiger charge is 2.35. The fraction of sp³-hybridized carbons (Fsp3) is 0.636. The minimum absolute atomic E-state index is 0. The van der Waals surface area contributed by atoms with Crippen molar-refractivity contribution in [3.63, 3.8) is 0 Å². The Morgan fingerprint density at radius 1 is 1.20 bits per heavy atom. The predicted molar refractivity (Wildman–Crippen MR) is 135 cm³/mol. The van der Waals surface area contributed by atoms with Crippen LogP contribution in [0.2, 0.25) is 5.02 Å². The molecule has 1 fully saturated rings. The average molecular weight is 551 g/mol. The Morgan fingerprint density at radius 2 is 1.90 bits per heavy atom. The lowest BCUT2D eigenvalue weighted by Gasteiger charge is -2.39. The Balaban J connectivity index is 0.00000450. The third-order valence-corrected chi connectivity index (χ3v) is 5.28. The van der Waals surface area contributed by atoms with Crippen molar-refractivity contribution in [1.82, 2.24) is 16.0 Å². The zero-order chi connectivity index (χ0) is 21.3. The normalized spacial score (nSPS) is 19.6. The van der Waals surface area contributed by atoms with E-state index in [-0.39, 0.29) is 41.4 Å². The lowest BCUT2D eigenvalue weighted by molar-refractivity contribution is -0.0823. The van der Waals surface area contributed by atoms with Gasteiger partial charge in [-0.2, -0.15) is 0 Å². The highest BCUT2D eigenvalue weighted by molar-refractivity contribution is 14.0. The number of carbonyl (C=O) groups excluding carboxylic acids is 1. The van der Waals surface area contributed by atoms with Crippen molar-refractivity contribution in [3.8, 4) is 0 Å². The molecular weight excluding hydrogens is 515 g/mol. The van der Waals surface area contributed by atoms with Gasteiger partial charge < -0.3 is 20.7 Å². The number of benzene rings is 1. The number of amides is 1. The minimum atomic E-state index is -0.174. The van der Waals surface area contributed by atoms with Crippen LogP contribution in [-0.4, -0.2) is 50.8 Å². The monoisotopic (exact) mass is 550 g/mol. The summed E-state index contributed by atoms with van der Waals surface area (Å²) in [5, 5.41) is 9.89. The summed E-state index contributed by atoms with van der Waals surface area (Å²) in [6.07, 6.45) is 2.45. The molecule has 0 aliphatic carbocycles. The molecule has 2 atom stereocenters. The van der Waals surface area contributed by atoms with E-state index >= 15 is 0 Å². The van der Waals surface area contributed by atoms with E-state index in [0.717, 1.165) is 38.5 Å². The van der Waals surface area contributed by atoms with Gasteiger partial charge in [-0.15, -0.1) is 24.0 Å². The summed E-state index contributed by atoms with van der Waals surface area (Å²) in [4.78, 5) is 17.0. The van der Waals surface area contributed by atoms with E-state index in [9.17, 15) is 4.79 Å². The molecule has 0 saturated carbocycles. The average Bonchev–Trinajstić information content (AvgIpc) is 2.69. The molecule has 2 unspecified atom stereocenters. The Hall–Kier alpha value is -1.06. The molecule has 30 heavy (non-hydrogen) atoms. The number of aliphatic imine (C=N–C) groups is 1. The first-order valence-electron chi connectivity index (χ1n) is 10.5. The molecule has 2 rings (SSSR count). The van der Waals surface area contributed by atoms with Gasteiger partial charge in [-0.05, 0) is 37.3 Å². The van der Waals surface area contributed by atoms with Crippen LogP contribution < -0.4 is 16.0 Å². The van der Waals surface area contributed by atoms with Crippen LogP contribution >= 0.6 is 35.6 Å². The molecule has 3 N–H and O–H groups in total. The Kier molecular flexibility index (Phi) is 12.0. The van der Waals surface area contributed by atoms with Crippen molar-refractivity contribution in [2.75, 3.05) is 32.8 Å². The van der Waals surface area contributed by atoms with Gasteiger partial charge in [-0.1, -0.05) is 44.5 Å². The number of nitrogens with one attached hydrogen (secondary N) is 3. The van der Waals surface area contributed by atoms with E-state index in [1.165, 1.54) is 0 Å². The summed E-state index contributed by atoms with van der Waals surface area (Å²) in [6.45, 7) is 12.1. The maximum Gasteiger partial charge on any atom is 0.252 e. The number of halogens is 2. The SMILES string of the molecule is CCNC(=NCC1CCCOC1C(C)(C)C)NCCNC(=O)c1ccccc1Cl.I. The van der Waals surface area contributed by atoms with Gasteiger partial charge in [0.1, 0.15) is 0 Å². The van der Waals surface area contributed by atoms with E-state index in [0.29, 0.717) is 29.6 Å². The molecule has 1 saturated heterocycles. The topological polar surface area (TPSA) is 74.8 Å². The molecule has 0 radical (unpaired) electrons. The van der Waals surface area contributed by atoms with Crippen LogP contribution in [0, 0.1) is 11.3 Å². The van der Waals surface area contributed by atoms with Crippen molar-refractivity contribution in [2.24, 2.45) is 16.3 Å². The summed E-state index contributed by atoms with van der Waals surface area (Å²) >= 11 is 6.07. The number of nitrogens with zero attached hydrogens (tertiary/aromatic N) is 1. The fourth-order valence-corrected chi connectivity index (χ4v) is 3.86. The molecule has 8 heteroatoms. The lowest BCUT2D eigenvalue weighted by atomic mass is 9.78. The van der Waals surface area contributed by atoms with Gasteiger partial charge in [-0.3, -0.25) is 9.79 Å². The first kappa shape index (κ1) is 27.0. The second-order valence-electron chi connectivity index (χ2n) is 8.44. The van der Waals surface area contributed by atoms with E-state index in [4.69, 9.17) is 21.3 Å². The molecule has 0 spiro atoms. The number of ether oxygens (including phenoxy) is 1. The second-order valence-corrected chi connectivity index (χ2v) is 8.85. The first-order chi connectivity index (χ1) is 13.8. The highest BCUT2D eigenvalue weighted by Crippen LogP contribution is 2.34. The van der Waals surface area contributed by atoms with Gasteiger partial charge in [-0.25, -0.2) is 0 Å². The molecule has 1 aromatic rings. The Morgan fingerprint density at radius 3 is 2.57 bits per heavy atom. The first-order valence-corrected chi connectivity index (χ1v) is 10.9. The van der Waals surface area contributed by atoms with Crippen LogP contribution in [-0.2, 0) is 4.74 Å². The van der Waals surface area contributed by atoms with Crippen LogP contribution in [0.15, 0.2) is 29.3 Å². The van der Waals surface area contributed by atoms with Gasteiger partial charge >= 0.3 is 0 Å². The molecule has 1 aliphatic heterocycles. The predicted octanol–water partition coefficient (Wildman–Crippen LogP) is 4.08. The fourth-order valence-electron chi connectivity index (χ4n) is 3.64. The summed E-state index contributed by atoms with van der Waals surface area (Å²) in [6, 6.07) is 7.04. The number of hydrogen-bond acceptors (Lipinski definition) is 3. The Labute approximate surface area is 203 Å². The van der Waals surface area contributed by atoms with Crippen LogP contribution in [0.25, 0.3) is 0 Å². The van der Waals surface area contributed by atoms with Crippen LogP contribution in [0.3, 0.4) is 0 Å². The van der Waals surface area contributed by atoms with Gasteiger partial charge in [0.05, 0.1) is 16.7 Å². The van der Waals surface area contributed by atoms with E-state index in [2.05, 4.69) is 36.7 Å². The second kappa shape index (κ2) is 13.4. The summed E-state index contributed by atoms with van der Waals surface area (Å²) < 4.78 is 6.06. The van der Waals surface area contributed by atoms with Crippen molar-refractivity contribution in [2.45, 2.75) is 46.6 Å². The molecule has 1 amide bonds. The molecular formula is C22H36ClIN4O2. The van der Waals surface area contributed by atoms with Crippen LogP contribution in [0.4, 0.5) is 0 Å². The minimum Gasteiger partial charge on any atom is -0.377 e. The zero-order valence-corrected chi connectivity index (χ0v) is 21.6. The largest absolute Gasteiger partial charge is 0.377 e. The molecule has 6 nitrogen and oxygen atoms in total. The van der Waals surface area contributed by atoms with Crippen molar-refractivity contribution in [1.29, 1.82) is 0 Å². The van der Waals surface area contributed by atoms with E-state index in [1.807, 2.05) is 6.92 Å². The van der Waals surface area contributed by atoms with Crippen molar-refractivity contribution in [3.05, 3.63) is 34.9 Å². The number of carbonyl (C=O) groups is 1. The van der Waals surface area contributed by atoms with Crippen molar-refractivity contribution < 1.29 is 9.53 Å². The Bertz CT molecular complexity index is 694. The number of guanidine groups is 1.